The molecule has 0 atom stereocenters. The van der Waals surface area contributed by atoms with Crippen LogP contribution >= 0.6 is 0 Å². The molecule has 0 bridgehead atoms. The summed E-state index contributed by atoms with van der Waals surface area (Å²) < 4.78 is 0. The Morgan fingerprint density at radius 3 is 1.53 bits per heavy atom. The van der Waals surface area contributed by atoms with Crippen molar-refractivity contribution in [2.24, 2.45) is 0 Å². The first-order chi connectivity index (χ1) is 9.24. The summed E-state index contributed by atoms with van der Waals surface area (Å²) in [6, 6.07) is 14.9. The van der Waals surface area contributed by atoms with Crippen molar-refractivity contribution in [3.8, 4) is 11.5 Å². The number of benzene rings is 2. The zero-order valence-electron chi connectivity index (χ0n) is 11.0. The molecule has 100 valence electrons. The summed E-state index contributed by atoms with van der Waals surface area (Å²) in [4.78, 5) is 0. The van der Waals surface area contributed by atoms with Crippen molar-refractivity contribution >= 4 is 0 Å². The second-order valence-corrected chi connectivity index (χ2v) is 4.90. The van der Waals surface area contributed by atoms with Gasteiger partial charge in [0.2, 0.25) is 0 Å². The molecule has 0 spiro atoms. The fourth-order valence-corrected chi connectivity index (χ4v) is 2.26. The molecule has 2 aromatic rings. The van der Waals surface area contributed by atoms with E-state index in [0.29, 0.717) is 11.5 Å². The van der Waals surface area contributed by atoms with Gasteiger partial charge in [0, 0.05) is 0 Å². The molecule has 0 aliphatic heterocycles. The summed E-state index contributed by atoms with van der Waals surface area (Å²) in [5, 5.41) is 18.7. The average Bonchev–Trinajstić information content (AvgIpc) is 2.38. The van der Waals surface area contributed by atoms with E-state index in [1.54, 1.807) is 12.1 Å². The SMILES string of the molecule is Oc1cccc(CCCCCc2cccc(O)c2)c1. The molecule has 2 rings (SSSR count). The van der Waals surface area contributed by atoms with Crippen LogP contribution in [0.15, 0.2) is 48.5 Å². The molecule has 2 N–H and O–H groups in total. The number of aromatic hydroxyl groups is 2. The smallest absolute Gasteiger partial charge is 0.115 e. The molecular formula is C17H20O2. The lowest BCUT2D eigenvalue weighted by Crippen LogP contribution is -1.88. The second kappa shape index (κ2) is 6.83. The van der Waals surface area contributed by atoms with Crippen molar-refractivity contribution in [3.63, 3.8) is 0 Å². The Morgan fingerprint density at radius 2 is 1.11 bits per heavy atom. The predicted octanol–water partition coefficient (Wildman–Crippen LogP) is 4.05. The summed E-state index contributed by atoms with van der Waals surface area (Å²) in [5.74, 6) is 0.689. The molecule has 19 heavy (non-hydrogen) atoms. The van der Waals surface area contributed by atoms with Crippen LogP contribution in [0.2, 0.25) is 0 Å². The van der Waals surface area contributed by atoms with E-state index >= 15 is 0 Å². The Bertz CT molecular complexity index is 473. The number of unbranched alkanes of at least 4 members (excludes halogenated alkanes) is 2. The highest BCUT2D eigenvalue weighted by molar-refractivity contribution is 5.27. The van der Waals surface area contributed by atoms with E-state index in [1.807, 2.05) is 24.3 Å². The number of aryl methyl sites for hydroxylation is 2. The van der Waals surface area contributed by atoms with Crippen LogP contribution < -0.4 is 0 Å². The van der Waals surface area contributed by atoms with Gasteiger partial charge in [-0.3, -0.25) is 0 Å². The van der Waals surface area contributed by atoms with E-state index in [9.17, 15) is 10.2 Å². The van der Waals surface area contributed by atoms with Crippen molar-refractivity contribution in [2.75, 3.05) is 0 Å². The fourth-order valence-electron chi connectivity index (χ4n) is 2.26. The Labute approximate surface area is 114 Å². The van der Waals surface area contributed by atoms with Crippen molar-refractivity contribution in [1.29, 1.82) is 0 Å². The van der Waals surface area contributed by atoms with E-state index in [-0.39, 0.29) is 0 Å². The van der Waals surface area contributed by atoms with E-state index in [4.69, 9.17) is 0 Å². The number of phenolic OH excluding ortho intramolecular Hbond substituents is 2. The van der Waals surface area contributed by atoms with Crippen LogP contribution in [-0.4, -0.2) is 10.2 Å². The van der Waals surface area contributed by atoms with Gasteiger partial charge in [0.25, 0.3) is 0 Å². The lowest BCUT2D eigenvalue weighted by atomic mass is 10.0. The minimum Gasteiger partial charge on any atom is -0.508 e. The maximum Gasteiger partial charge on any atom is 0.115 e. The minimum atomic E-state index is 0.345. The van der Waals surface area contributed by atoms with Gasteiger partial charge in [0.05, 0.1) is 0 Å². The molecule has 2 nitrogen and oxygen atoms in total. The third kappa shape index (κ3) is 4.66. The first-order valence-electron chi connectivity index (χ1n) is 6.80. The molecule has 0 amide bonds. The van der Waals surface area contributed by atoms with E-state index < -0.39 is 0 Å². The van der Waals surface area contributed by atoms with Gasteiger partial charge in [0.1, 0.15) is 11.5 Å². The molecule has 0 aliphatic rings. The lowest BCUT2D eigenvalue weighted by Gasteiger charge is -2.04. The van der Waals surface area contributed by atoms with Crippen LogP contribution in [0.25, 0.3) is 0 Å². The molecule has 0 radical (unpaired) electrons. The molecule has 0 fully saturated rings. The van der Waals surface area contributed by atoms with Crippen LogP contribution in [0, 0.1) is 0 Å². The molecule has 0 aliphatic carbocycles. The highest BCUT2D eigenvalue weighted by Gasteiger charge is 1.97. The van der Waals surface area contributed by atoms with Crippen LogP contribution in [-0.2, 0) is 12.8 Å². The molecule has 2 heteroatoms. The van der Waals surface area contributed by atoms with E-state index in [0.717, 1.165) is 32.1 Å². The third-order valence-corrected chi connectivity index (χ3v) is 3.25. The van der Waals surface area contributed by atoms with Gasteiger partial charge in [0.15, 0.2) is 0 Å². The van der Waals surface area contributed by atoms with Gasteiger partial charge in [-0.25, -0.2) is 0 Å². The van der Waals surface area contributed by atoms with Gasteiger partial charge < -0.3 is 10.2 Å². The highest BCUT2D eigenvalue weighted by Crippen LogP contribution is 2.16. The van der Waals surface area contributed by atoms with Crippen molar-refractivity contribution in [1.82, 2.24) is 0 Å². The molecular weight excluding hydrogens is 236 g/mol. The Morgan fingerprint density at radius 1 is 0.632 bits per heavy atom. The summed E-state index contributed by atoms with van der Waals surface area (Å²) in [6.07, 6.45) is 5.43. The zero-order chi connectivity index (χ0) is 13.5. The standard InChI is InChI=1S/C17H20O2/c18-16-10-4-8-14(12-16)6-2-1-3-7-15-9-5-11-17(19)13-15/h4-5,8-13,18-19H,1-3,6-7H2. The maximum absolute atomic E-state index is 9.37. The Balaban J connectivity index is 1.67. The van der Waals surface area contributed by atoms with Crippen LogP contribution in [0.1, 0.15) is 30.4 Å². The Kier molecular flexibility index (Phi) is 4.85. The molecule has 0 saturated heterocycles. The number of phenols is 2. The average molecular weight is 256 g/mol. The number of hydrogen-bond acceptors (Lipinski definition) is 2. The minimum absolute atomic E-state index is 0.345. The monoisotopic (exact) mass is 256 g/mol. The summed E-state index contributed by atoms with van der Waals surface area (Å²) in [7, 11) is 0. The van der Waals surface area contributed by atoms with Crippen LogP contribution in [0.5, 0.6) is 11.5 Å². The van der Waals surface area contributed by atoms with Gasteiger partial charge >= 0.3 is 0 Å². The maximum atomic E-state index is 9.37. The highest BCUT2D eigenvalue weighted by atomic mass is 16.3. The van der Waals surface area contributed by atoms with Crippen molar-refractivity contribution < 1.29 is 10.2 Å². The molecule has 0 heterocycles. The first-order valence-corrected chi connectivity index (χ1v) is 6.80. The largest absolute Gasteiger partial charge is 0.508 e. The Hall–Kier alpha value is -1.96. The van der Waals surface area contributed by atoms with E-state index in [2.05, 4.69) is 12.1 Å². The quantitative estimate of drug-likeness (QED) is 0.765. The van der Waals surface area contributed by atoms with Gasteiger partial charge in [-0.1, -0.05) is 30.7 Å². The van der Waals surface area contributed by atoms with Gasteiger partial charge in [-0.05, 0) is 61.1 Å². The second-order valence-electron chi connectivity index (χ2n) is 4.90. The molecule has 0 saturated carbocycles. The van der Waals surface area contributed by atoms with Crippen molar-refractivity contribution in [3.05, 3.63) is 59.7 Å². The number of hydrogen-bond donors (Lipinski definition) is 2. The normalized spacial score (nSPS) is 10.5. The summed E-state index contributed by atoms with van der Waals surface area (Å²) in [5.41, 5.74) is 2.38. The van der Waals surface area contributed by atoms with Crippen molar-refractivity contribution in [2.45, 2.75) is 32.1 Å². The van der Waals surface area contributed by atoms with Gasteiger partial charge in [-0.15, -0.1) is 0 Å². The third-order valence-electron chi connectivity index (χ3n) is 3.25. The molecule has 0 unspecified atom stereocenters. The van der Waals surface area contributed by atoms with E-state index in [1.165, 1.54) is 11.1 Å². The summed E-state index contributed by atoms with van der Waals surface area (Å²) >= 11 is 0. The lowest BCUT2D eigenvalue weighted by molar-refractivity contribution is 0.474. The fraction of sp³-hybridized carbons (Fsp3) is 0.294. The van der Waals surface area contributed by atoms with Crippen LogP contribution in [0.4, 0.5) is 0 Å². The molecule has 2 aromatic carbocycles. The topological polar surface area (TPSA) is 40.5 Å². The number of rotatable bonds is 6. The molecule has 0 aromatic heterocycles. The predicted molar refractivity (Wildman–Crippen MR) is 77.5 cm³/mol. The van der Waals surface area contributed by atoms with Crippen LogP contribution in [0.3, 0.4) is 0 Å². The summed E-state index contributed by atoms with van der Waals surface area (Å²) in [6.45, 7) is 0. The first kappa shape index (κ1) is 13.5. The zero-order valence-corrected chi connectivity index (χ0v) is 11.0. The van der Waals surface area contributed by atoms with Gasteiger partial charge in [-0.2, -0.15) is 0 Å².